The number of nitrogens with one attached hydrogen (secondary N) is 3. The smallest absolute Gasteiger partial charge is 0.317 e. The maximum Gasteiger partial charge on any atom is 0.317 e. The fourth-order valence-electron chi connectivity index (χ4n) is 4.20. The molecule has 6 rings (SSSR count). The average molecular weight is 502 g/mol. The van der Waals surface area contributed by atoms with Gasteiger partial charge in [0.2, 0.25) is 6.17 Å². The molecule has 0 bridgehead atoms. The van der Waals surface area contributed by atoms with E-state index in [1.165, 1.54) is 0 Å². The second-order valence-electron chi connectivity index (χ2n) is 8.56. The van der Waals surface area contributed by atoms with E-state index in [0.717, 1.165) is 28.1 Å². The first-order valence-electron chi connectivity index (χ1n) is 12.1. The van der Waals surface area contributed by atoms with Gasteiger partial charge >= 0.3 is 6.01 Å². The molecule has 9 heteroatoms. The first-order chi connectivity index (χ1) is 18.7. The Kier molecular flexibility index (Phi) is 6.30. The number of para-hydroxylation sites is 2. The van der Waals surface area contributed by atoms with Crippen LogP contribution in [0.2, 0.25) is 0 Å². The van der Waals surface area contributed by atoms with Crippen LogP contribution in [-0.4, -0.2) is 33.0 Å². The molecule has 0 radical (unpaired) electrons. The van der Waals surface area contributed by atoms with Crippen LogP contribution in [0.1, 0.15) is 16.8 Å². The minimum atomic E-state index is -0.983. The van der Waals surface area contributed by atoms with Crippen molar-refractivity contribution in [3.8, 4) is 11.5 Å². The SMILES string of the molecule is O=C1Nc2ccccc2C(c2ccccc2)=NC1Nc1nnc(-c2ccccc2NCc2ccccn2)o1. The summed E-state index contributed by atoms with van der Waals surface area (Å²) in [5.74, 6) is -0.0261. The second-order valence-corrected chi connectivity index (χ2v) is 8.56. The van der Waals surface area contributed by atoms with Gasteiger partial charge in [-0.25, -0.2) is 4.99 Å². The van der Waals surface area contributed by atoms with Crippen LogP contribution in [0.25, 0.3) is 11.5 Å². The molecule has 5 aromatic rings. The lowest BCUT2D eigenvalue weighted by Gasteiger charge is -2.11. The number of hydrogen-bond acceptors (Lipinski definition) is 8. The van der Waals surface area contributed by atoms with Crippen molar-refractivity contribution in [1.82, 2.24) is 15.2 Å². The van der Waals surface area contributed by atoms with Gasteiger partial charge in [0.25, 0.3) is 11.8 Å². The predicted molar refractivity (Wildman–Crippen MR) is 146 cm³/mol. The minimum absolute atomic E-state index is 0.0850. The number of fused-ring (bicyclic) bond motifs is 1. The van der Waals surface area contributed by atoms with Gasteiger partial charge in [0, 0.05) is 23.0 Å². The third kappa shape index (κ3) is 4.85. The highest BCUT2D eigenvalue weighted by Gasteiger charge is 2.27. The molecule has 0 saturated carbocycles. The molecule has 1 aliphatic heterocycles. The van der Waals surface area contributed by atoms with Crippen molar-refractivity contribution in [1.29, 1.82) is 0 Å². The van der Waals surface area contributed by atoms with Crippen molar-refractivity contribution in [3.05, 3.63) is 120 Å². The van der Waals surface area contributed by atoms with Crippen molar-refractivity contribution in [2.45, 2.75) is 12.7 Å². The van der Waals surface area contributed by atoms with E-state index < -0.39 is 6.17 Å². The number of pyridine rings is 1. The van der Waals surface area contributed by atoms with E-state index in [2.05, 4.69) is 31.1 Å². The van der Waals surface area contributed by atoms with Gasteiger partial charge in [0.15, 0.2) is 0 Å². The molecule has 9 nitrogen and oxygen atoms in total. The van der Waals surface area contributed by atoms with Gasteiger partial charge in [-0.05, 0) is 30.3 Å². The van der Waals surface area contributed by atoms with Gasteiger partial charge in [-0.1, -0.05) is 71.8 Å². The van der Waals surface area contributed by atoms with Crippen LogP contribution in [0.4, 0.5) is 17.4 Å². The Morgan fingerprint density at radius 2 is 1.58 bits per heavy atom. The number of hydrogen-bond donors (Lipinski definition) is 3. The van der Waals surface area contributed by atoms with Crippen LogP contribution in [-0.2, 0) is 11.3 Å². The van der Waals surface area contributed by atoms with Crippen molar-refractivity contribution < 1.29 is 9.21 Å². The number of carbonyl (C=O) groups excluding carboxylic acids is 1. The molecule has 3 aromatic carbocycles. The maximum atomic E-state index is 13.1. The average Bonchev–Trinajstić information content (AvgIpc) is 3.38. The molecule has 2 aromatic heterocycles. The van der Waals surface area contributed by atoms with Crippen molar-refractivity contribution in [3.63, 3.8) is 0 Å². The Morgan fingerprint density at radius 1 is 0.816 bits per heavy atom. The maximum absolute atomic E-state index is 13.1. The zero-order valence-electron chi connectivity index (χ0n) is 20.2. The van der Waals surface area contributed by atoms with Gasteiger partial charge in [0.1, 0.15) is 0 Å². The molecule has 38 heavy (non-hydrogen) atoms. The van der Waals surface area contributed by atoms with E-state index in [1.54, 1.807) is 6.20 Å². The third-order valence-corrected chi connectivity index (χ3v) is 6.02. The lowest BCUT2D eigenvalue weighted by Crippen LogP contribution is -2.32. The number of aromatic nitrogens is 3. The summed E-state index contributed by atoms with van der Waals surface area (Å²) in [5, 5.41) is 17.7. The van der Waals surface area contributed by atoms with Gasteiger partial charge in [-0.3, -0.25) is 9.78 Å². The van der Waals surface area contributed by atoms with E-state index in [4.69, 9.17) is 9.41 Å². The van der Waals surface area contributed by atoms with Crippen LogP contribution in [0.3, 0.4) is 0 Å². The summed E-state index contributed by atoms with van der Waals surface area (Å²) < 4.78 is 5.93. The lowest BCUT2D eigenvalue weighted by molar-refractivity contribution is -0.116. The molecule has 1 unspecified atom stereocenters. The van der Waals surface area contributed by atoms with Crippen LogP contribution < -0.4 is 16.0 Å². The lowest BCUT2D eigenvalue weighted by atomic mass is 10.0. The first kappa shape index (κ1) is 23.1. The quantitative estimate of drug-likeness (QED) is 0.288. The van der Waals surface area contributed by atoms with Crippen LogP contribution in [0, 0.1) is 0 Å². The molecule has 1 atom stereocenters. The first-order valence-corrected chi connectivity index (χ1v) is 12.1. The van der Waals surface area contributed by atoms with Crippen LogP contribution in [0.15, 0.2) is 113 Å². The minimum Gasteiger partial charge on any atom is -0.403 e. The molecule has 0 spiro atoms. The fourth-order valence-corrected chi connectivity index (χ4v) is 4.20. The van der Waals surface area contributed by atoms with Gasteiger partial charge in [-0.2, -0.15) is 0 Å². The van der Waals surface area contributed by atoms with E-state index in [-0.39, 0.29) is 11.9 Å². The molecular weight excluding hydrogens is 478 g/mol. The van der Waals surface area contributed by atoms with Crippen LogP contribution in [0.5, 0.6) is 0 Å². The number of amides is 1. The highest BCUT2D eigenvalue weighted by molar-refractivity contribution is 6.19. The number of benzene rings is 3. The topological polar surface area (TPSA) is 117 Å². The molecular formula is C29H23N7O2. The summed E-state index contributed by atoms with van der Waals surface area (Å²) in [6, 6.07) is 30.8. The zero-order chi connectivity index (χ0) is 25.7. The second kappa shape index (κ2) is 10.4. The summed E-state index contributed by atoms with van der Waals surface area (Å²) >= 11 is 0. The summed E-state index contributed by atoms with van der Waals surface area (Å²) in [6.45, 7) is 0.539. The predicted octanol–water partition coefficient (Wildman–Crippen LogP) is 4.97. The Bertz CT molecular complexity index is 1600. The Balaban J connectivity index is 1.27. The molecule has 1 aliphatic rings. The number of benzodiazepines with no additional fused rings is 1. The van der Waals surface area contributed by atoms with E-state index in [1.807, 2.05) is 97.1 Å². The highest BCUT2D eigenvalue weighted by Crippen LogP contribution is 2.29. The number of aliphatic imine (C=N–C) groups is 1. The molecule has 0 fully saturated rings. The Labute approximate surface area is 218 Å². The van der Waals surface area contributed by atoms with E-state index in [0.29, 0.717) is 23.8 Å². The van der Waals surface area contributed by atoms with E-state index >= 15 is 0 Å². The zero-order valence-corrected chi connectivity index (χ0v) is 20.2. The number of nitrogens with zero attached hydrogens (tertiary/aromatic N) is 4. The largest absolute Gasteiger partial charge is 0.403 e. The molecule has 186 valence electrons. The molecule has 0 saturated heterocycles. The molecule has 1 amide bonds. The van der Waals surface area contributed by atoms with Gasteiger partial charge < -0.3 is 20.4 Å². The molecule has 3 N–H and O–H groups in total. The van der Waals surface area contributed by atoms with Gasteiger partial charge in [0.05, 0.1) is 29.2 Å². The Morgan fingerprint density at radius 3 is 2.42 bits per heavy atom. The fraction of sp³-hybridized carbons (Fsp3) is 0.0690. The van der Waals surface area contributed by atoms with Gasteiger partial charge in [-0.15, -0.1) is 5.10 Å². The highest BCUT2D eigenvalue weighted by atomic mass is 16.4. The summed E-state index contributed by atoms with van der Waals surface area (Å²) in [5.41, 5.74) is 5.54. The standard InChI is InChI=1S/C29H23N7O2/c37-27-26(33-25(19-10-2-1-3-11-19)21-13-4-7-16-24(21)32-27)34-29-36-35-28(38-29)22-14-5-6-15-23(22)31-18-20-12-8-9-17-30-20/h1-17,26,31H,18H2,(H,32,37)(H,34,36). The normalized spacial score (nSPS) is 14.6. The third-order valence-electron chi connectivity index (χ3n) is 6.02. The number of anilines is 3. The number of rotatable bonds is 7. The number of carbonyl (C=O) groups is 1. The van der Waals surface area contributed by atoms with E-state index in [9.17, 15) is 4.79 Å². The summed E-state index contributed by atoms with van der Waals surface area (Å²) in [7, 11) is 0. The molecule has 3 heterocycles. The Hall–Kier alpha value is -5.31. The van der Waals surface area contributed by atoms with Crippen molar-refractivity contribution >= 4 is 29.0 Å². The summed E-state index contributed by atoms with van der Waals surface area (Å²) in [4.78, 5) is 22.2. The van der Waals surface area contributed by atoms with Crippen LogP contribution >= 0.6 is 0 Å². The van der Waals surface area contributed by atoms with Crippen molar-refractivity contribution in [2.75, 3.05) is 16.0 Å². The monoisotopic (exact) mass is 501 g/mol. The molecule has 0 aliphatic carbocycles. The summed E-state index contributed by atoms with van der Waals surface area (Å²) in [6.07, 6.45) is 0.774. The van der Waals surface area contributed by atoms with Crippen molar-refractivity contribution in [2.24, 2.45) is 4.99 Å².